The predicted octanol–water partition coefficient (Wildman–Crippen LogP) is 2.74. The molecule has 0 amide bonds. The second kappa shape index (κ2) is 5.74. The largest absolute Gasteiger partial charge is 0.497 e. The smallest absolute Gasteiger partial charge is 0.119 e. The molecule has 3 atom stereocenters. The molecule has 20 heavy (non-hydrogen) atoms. The van der Waals surface area contributed by atoms with Gasteiger partial charge in [-0.05, 0) is 68.3 Å². The van der Waals surface area contributed by atoms with Gasteiger partial charge in [0.1, 0.15) is 5.75 Å². The summed E-state index contributed by atoms with van der Waals surface area (Å²) in [6.45, 7) is 4.34. The van der Waals surface area contributed by atoms with Crippen molar-refractivity contribution in [2.75, 3.05) is 20.2 Å². The second-order valence-corrected chi connectivity index (χ2v) is 6.34. The summed E-state index contributed by atoms with van der Waals surface area (Å²) in [7, 11) is 1.75. The number of aryl methyl sites for hydroxylation is 1. The van der Waals surface area contributed by atoms with Gasteiger partial charge >= 0.3 is 0 Å². The second-order valence-electron chi connectivity index (χ2n) is 6.34. The van der Waals surface area contributed by atoms with Gasteiger partial charge in [-0.15, -0.1) is 0 Å². The lowest BCUT2D eigenvalue weighted by Gasteiger charge is -2.41. The summed E-state index contributed by atoms with van der Waals surface area (Å²) >= 11 is 0. The molecule has 3 heteroatoms. The Hall–Kier alpha value is -1.06. The van der Waals surface area contributed by atoms with E-state index in [4.69, 9.17) is 10.5 Å². The van der Waals surface area contributed by atoms with Gasteiger partial charge in [-0.2, -0.15) is 0 Å². The van der Waals surface area contributed by atoms with Crippen LogP contribution in [0.5, 0.6) is 5.75 Å². The van der Waals surface area contributed by atoms with E-state index in [1.54, 1.807) is 7.11 Å². The Morgan fingerprint density at radius 3 is 2.90 bits per heavy atom. The summed E-state index contributed by atoms with van der Waals surface area (Å²) < 4.78 is 5.41. The molecular weight excluding hydrogens is 248 g/mol. The fourth-order valence-electron chi connectivity index (χ4n) is 3.87. The van der Waals surface area contributed by atoms with E-state index in [1.807, 2.05) is 0 Å². The first-order valence-electron chi connectivity index (χ1n) is 7.85. The minimum absolute atomic E-state index is 0.560. The van der Waals surface area contributed by atoms with E-state index in [0.29, 0.717) is 18.0 Å². The molecule has 0 radical (unpaired) electrons. The molecular formula is C17H26N2O. The number of hydrogen-bond donors (Lipinski definition) is 1. The highest BCUT2D eigenvalue weighted by Gasteiger charge is 2.34. The van der Waals surface area contributed by atoms with E-state index < -0.39 is 0 Å². The number of nitrogens with two attached hydrogens (primary N) is 1. The standard InChI is InChI=1S/C17H26N2O/c1-12-3-4-13(10-18)11-19(12)17-8-6-14-5-7-15(20-2)9-16(14)17/h5,7,9,12-13,17H,3-4,6,8,10-11,18H2,1-2H3. The van der Waals surface area contributed by atoms with Gasteiger partial charge in [0.15, 0.2) is 0 Å². The first-order valence-corrected chi connectivity index (χ1v) is 7.85. The molecule has 1 heterocycles. The number of benzene rings is 1. The van der Waals surface area contributed by atoms with E-state index in [0.717, 1.165) is 18.8 Å². The molecule has 1 saturated heterocycles. The normalized spacial score (nSPS) is 30.2. The highest BCUT2D eigenvalue weighted by molar-refractivity contribution is 5.41. The molecule has 1 aromatic rings. The number of nitrogens with zero attached hydrogens (tertiary/aromatic N) is 1. The summed E-state index contributed by atoms with van der Waals surface area (Å²) in [5.74, 6) is 1.65. The Morgan fingerprint density at radius 1 is 1.30 bits per heavy atom. The first kappa shape index (κ1) is 13.9. The fourth-order valence-corrected chi connectivity index (χ4v) is 3.87. The third kappa shape index (κ3) is 2.45. The average molecular weight is 274 g/mol. The number of piperidine rings is 1. The van der Waals surface area contributed by atoms with Crippen molar-refractivity contribution in [1.29, 1.82) is 0 Å². The van der Waals surface area contributed by atoms with Crippen LogP contribution in [0.25, 0.3) is 0 Å². The van der Waals surface area contributed by atoms with Crippen LogP contribution in [-0.2, 0) is 6.42 Å². The zero-order chi connectivity index (χ0) is 14.1. The van der Waals surface area contributed by atoms with E-state index in [-0.39, 0.29) is 0 Å². The fraction of sp³-hybridized carbons (Fsp3) is 0.647. The van der Waals surface area contributed by atoms with E-state index >= 15 is 0 Å². The van der Waals surface area contributed by atoms with Crippen LogP contribution in [0.4, 0.5) is 0 Å². The number of fused-ring (bicyclic) bond motifs is 1. The maximum atomic E-state index is 5.90. The van der Waals surface area contributed by atoms with Crippen molar-refractivity contribution in [2.45, 2.75) is 44.7 Å². The van der Waals surface area contributed by atoms with Crippen molar-refractivity contribution in [1.82, 2.24) is 4.90 Å². The highest BCUT2D eigenvalue weighted by Crippen LogP contribution is 2.41. The van der Waals surface area contributed by atoms with Gasteiger partial charge in [0.25, 0.3) is 0 Å². The van der Waals surface area contributed by atoms with Crippen molar-refractivity contribution in [3.63, 3.8) is 0 Å². The molecule has 3 nitrogen and oxygen atoms in total. The van der Waals surface area contributed by atoms with Crippen LogP contribution in [0.2, 0.25) is 0 Å². The van der Waals surface area contributed by atoms with Gasteiger partial charge < -0.3 is 10.5 Å². The minimum Gasteiger partial charge on any atom is -0.497 e. The molecule has 0 spiro atoms. The van der Waals surface area contributed by atoms with Crippen LogP contribution in [-0.4, -0.2) is 31.1 Å². The Kier molecular flexibility index (Phi) is 3.99. The van der Waals surface area contributed by atoms with Gasteiger partial charge in [-0.3, -0.25) is 4.90 Å². The Labute approximate surface area is 122 Å². The van der Waals surface area contributed by atoms with Crippen molar-refractivity contribution >= 4 is 0 Å². The van der Waals surface area contributed by atoms with E-state index in [9.17, 15) is 0 Å². The zero-order valence-corrected chi connectivity index (χ0v) is 12.6. The summed E-state index contributed by atoms with van der Waals surface area (Å²) in [6.07, 6.45) is 4.99. The Morgan fingerprint density at radius 2 is 2.15 bits per heavy atom. The maximum Gasteiger partial charge on any atom is 0.119 e. The third-order valence-corrected chi connectivity index (χ3v) is 5.16. The molecule has 1 fully saturated rings. The van der Waals surface area contributed by atoms with E-state index in [2.05, 4.69) is 30.0 Å². The van der Waals surface area contributed by atoms with Crippen LogP contribution in [0.3, 0.4) is 0 Å². The molecule has 110 valence electrons. The van der Waals surface area contributed by atoms with Crippen molar-refractivity contribution in [2.24, 2.45) is 11.7 Å². The number of rotatable bonds is 3. The lowest BCUT2D eigenvalue weighted by molar-refractivity contribution is 0.0737. The summed E-state index contributed by atoms with van der Waals surface area (Å²) in [5.41, 5.74) is 8.88. The van der Waals surface area contributed by atoms with Gasteiger partial charge in [0, 0.05) is 18.6 Å². The quantitative estimate of drug-likeness (QED) is 0.921. The molecule has 1 aliphatic carbocycles. The molecule has 0 saturated carbocycles. The highest BCUT2D eigenvalue weighted by atomic mass is 16.5. The van der Waals surface area contributed by atoms with Gasteiger partial charge in [-0.1, -0.05) is 6.07 Å². The number of ether oxygens (including phenoxy) is 1. The maximum absolute atomic E-state index is 5.90. The molecule has 1 aromatic carbocycles. The number of methoxy groups -OCH3 is 1. The van der Waals surface area contributed by atoms with E-state index in [1.165, 1.54) is 36.8 Å². The predicted molar refractivity (Wildman–Crippen MR) is 82.0 cm³/mol. The topological polar surface area (TPSA) is 38.5 Å². The monoisotopic (exact) mass is 274 g/mol. The molecule has 2 N–H and O–H groups in total. The molecule has 0 aromatic heterocycles. The first-order chi connectivity index (χ1) is 9.72. The molecule has 3 unspecified atom stereocenters. The van der Waals surface area contributed by atoms with Gasteiger partial charge in [0.2, 0.25) is 0 Å². The molecule has 2 aliphatic rings. The molecule has 0 bridgehead atoms. The van der Waals surface area contributed by atoms with Gasteiger partial charge in [0.05, 0.1) is 7.11 Å². The SMILES string of the molecule is COc1ccc2c(c1)C(N1CC(CN)CCC1C)CC2. The zero-order valence-electron chi connectivity index (χ0n) is 12.6. The number of hydrogen-bond acceptors (Lipinski definition) is 3. The number of likely N-dealkylation sites (tertiary alicyclic amines) is 1. The average Bonchev–Trinajstić information content (AvgIpc) is 2.90. The van der Waals surface area contributed by atoms with Crippen LogP contribution in [0.15, 0.2) is 18.2 Å². The summed E-state index contributed by atoms with van der Waals surface area (Å²) in [5, 5.41) is 0. The summed E-state index contributed by atoms with van der Waals surface area (Å²) in [4.78, 5) is 2.69. The van der Waals surface area contributed by atoms with Crippen LogP contribution >= 0.6 is 0 Å². The van der Waals surface area contributed by atoms with Crippen LogP contribution in [0.1, 0.15) is 43.4 Å². The lowest BCUT2D eigenvalue weighted by Crippen LogP contribution is -2.45. The van der Waals surface area contributed by atoms with Gasteiger partial charge in [-0.25, -0.2) is 0 Å². The lowest BCUT2D eigenvalue weighted by atomic mass is 9.91. The summed E-state index contributed by atoms with van der Waals surface area (Å²) in [6, 6.07) is 7.79. The Balaban J connectivity index is 1.85. The molecule has 1 aliphatic heterocycles. The third-order valence-electron chi connectivity index (χ3n) is 5.16. The van der Waals surface area contributed by atoms with Crippen molar-refractivity contribution in [3.8, 4) is 5.75 Å². The van der Waals surface area contributed by atoms with Crippen molar-refractivity contribution in [3.05, 3.63) is 29.3 Å². The van der Waals surface area contributed by atoms with Crippen LogP contribution < -0.4 is 10.5 Å². The molecule has 3 rings (SSSR count). The Bertz CT molecular complexity index is 474. The minimum atomic E-state index is 0.560. The van der Waals surface area contributed by atoms with Crippen molar-refractivity contribution < 1.29 is 4.74 Å². The van der Waals surface area contributed by atoms with Crippen LogP contribution in [0, 0.1) is 5.92 Å².